The first kappa shape index (κ1) is 16.2. The number of aliphatic imine (C=N–C) groups is 1. The molecule has 0 aliphatic carbocycles. The first-order valence-corrected chi connectivity index (χ1v) is 6.87. The Morgan fingerprint density at radius 2 is 1.53 bits per heavy atom. The fraction of sp³-hybridized carbons (Fsp3) is 0.923. The molecule has 0 fully saturated rings. The summed E-state index contributed by atoms with van der Waals surface area (Å²) in [6, 6.07) is 0. The van der Waals surface area contributed by atoms with Crippen LogP contribution < -0.4 is 10.6 Å². The van der Waals surface area contributed by atoms with E-state index < -0.39 is 0 Å². The van der Waals surface area contributed by atoms with Crippen molar-refractivity contribution in [1.29, 1.82) is 0 Å². The Morgan fingerprint density at radius 3 is 2.12 bits per heavy atom. The zero-order valence-corrected chi connectivity index (χ0v) is 11.7. The molecule has 0 aromatic rings. The van der Waals surface area contributed by atoms with Crippen LogP contribution in [-0.4, -0.2) is 39.3 Å². The second kappa shape index (κ2) is 13.3. The van der Waals surface area contributed by atoms with E-state index in [1.165, 1.54) is 19.3 Å². The summed E-state index contributed by atoms with van der Waals surface area (Å²) in [4.78, 5) is 4.16. The minimum absolute atomic E-state index is 0.832. The van der Waals surface area contributed by atoms with E-state index in [4.69, 9.17) is 4.74 Å². The van der Waals surface area contributed by atoms with E-state index in [1.54, 1.807) is 7.05 Å². The minimum Gasteiger partial charge on any atom is -0.381 e. The molecule has 4 nitrogen and oxygen atoms in total. The zero-order chi connectivity index (χ0) is 12.8. The molecule has 17 heavy (non-hydrogen) atoms. The summed E-state index contributed by atoms with van der Waals surface area (Å²) in [6.45, 7) is 7.99. The highest BCUT2D eigenvalue weighted by molar-refractivity contribution is 5.79. The van der Waals surface area contributed by atoms with Gasteiger partial charge in [0.15, 0.2) is 5.96 Å². The van der Waals surface area contributed by atoms with Gasteiger partial charge in [0.05, 0.1) is 0 Å². The summed E-state index contributed by atoms with van der Waals surface area (Å²) in [5.41, 5.74) is 0. The van der Waals surface area contributed by atoms with Crippen molar-refractivity contribution in [3.05, 3.63) is 0 Å². The third-order valence-electron chi connectivity index (χ3n) is 2.45. The van der Waals surface area contributed by atoms with Gasteiger partial charge in [-0.2, -0.15) is 0 Å². The predicted molar refractivity (Wildman–Crippen MR) is 74.6 cm³/mol. The van der Waals surface area contributed by atoms with Crippen LogP contribution in [0, 0.1) is 0 Å². The van der Waals surface area contributed by atoms with E-state index in [2.05, 4.69) is 29.5 Å². The molecular weight excluding hydrogens is 214 g/mol. The topological polar surface area (TPSA) is 45.7 Å². The van der Waals surface area contributed by atoms with Crippen molar-refractivity contribution in [2.45, 2.75) is 46.0 Å². The van der Waals surface area contributed by atoms with Crippen molar-refractivity contribution in [3.8, 4) is 0 Å². The Bertz CT molecular complexity index is 184. The molecule has 0 aromatic heterocycles. The number of unbranched alkanes of at least 4 members (excludes halogenated alkanes) is 2. The number of hydrogen-bond acceptors (Lipinski definition) is 2. The molecule has 0 atom stereocenters. The molecule has 0 saturated heterocycles. The molecule has 4 heteroatoms. The molecule has 0 aliphatic rings. The van der Waals surface area contributed by atoms with E-state index >= 15 is 0 Å². The normalized spacial score (nSPS) is 11.6. The molecule has 0 aromatic carbocycles. The summed E-state index contributed by atoms with van der Waals surface area (Å²) >= 11 is 0. The molecule has 0 bridgehead atoms. The van der Waals surface area contributed by atoms with Crippen LogP contribution in [0.3, 0.4) is 0 Å². The largest absolute Gasteiger partial charge is 0.381 e. The monoisotopic (exact) mass is 243 g/mol. The van der Waals surface area contributed by atoms with Gasteiger partial charge in [-0.3, -0.25) is 4.99 Å². The quantitative estimate of drug-likeness (QED) is 0.351. The van der Waals surface area contributed by atoms with Gasteiger partial charge in [0.2, 0.25) is 0 Å². The standard InChI is InChI=1S/C13H29N3O/c1-4-6-9-15-13(14-3)16-10-8-12-17-11-7-5-2/h4-12H2,1-3H3,(H2,14,15,16). The zero-order valence-electron chi connectivity index (χ0n) is 11.7. The maximum absolute atomic E-state index is 5.49. The highest BCUT2D eigenvalue weighted by Crippen LogP contribution is 1.89. The lowest BCUT2D eigenvalue weighted by atomic mass is 10.3. The molecule has 2 N–H and O–H groups in total. The Morgan fingerprint density at radius 1 is 0.941 bits per heavy atom. The molecule has 0 amide bonds. The average Bonchev–Trinajstić information content (AvgIpc) is 2.35. The third kappa shape index (κ3) is 11.5. The summed E-state index contributed by atoms with van der Waals surface area (Å²) in [6.07, 6.45) is 5.77. The van der Waals surface area contributed by atoms with Crippen LogP contribution >= 0.6 is 0 Å². The lowest BCUT2D eigenvalue weighted by Crippen LogP contribution is -2.38. The smallest absolute Gasteiger partial charge is 0.190 e. The van der Waals surface area contributed by atoms with Crippen molar-refractivity contribution in [2.75, 3.05) is 33.4 Å². The van der Waals surface area contributed by atoms with Crippen LogP contribution in [0.4, 0.5) is 0 Å². The van der Waals surface area contributed by atoms with Gasteiger partial charge in [-0.05, 0) is 19.3 Å². The van der Waals surface area contributed by atoms with Crippen molar-refractivity contribution in [3.63, 3.8) is 0 Å². The Hall–Kier alpha value is -0.770. The van der Waals surface area contributed by atoms with Gasteiger partial charge in [0.25, 0.3) is 0 Å². The Labute approximate surface area is 106 Å². The van der Waals surface area contributed by atoms with Crippen molar-refractivity contribution < 1.29 is 4.74 Å². The maximum Gasteiger partial charge on any atom is 0.190 e. The number of ether oxygens (including phenoxy) is 1. The Kier molecular flexibility index (Phi) is 12.7. The number of nitrogens with one attached hydrogen (secondary N) is 2. The molecule has 0 aliphatic heterocycles. The van der Waals surface area contributed by atoms with Gasteiger partial charge in [0, 0.05) is 33.4 Å². The van der Waals surface area contributed by atoms with E-state index in [9.17, 15) is 0 Å². The second-order valence-corrected chi connectivity index (χ2v) is 4.10. The SMILES string of the molecule is CCCCNC(=NC)NCCCOCCCC. The van der Waals surface area contributed by atoms with Gasteiger partial charge in [-0.1, -0.05) is 26.7 Å². The van der Waals surface area contributed by atoms with E-state index in [-0.39, 0.29) is 0 Å². The van der Waals surface area contributed by atoms with Gasteiger partial charge >= 0.3 is 0 Å². The number of rotatable bonds is 10. The highest BCUT2D eigenvalue weighted by Gasteiger charge is 1.95. The lowest BCUT2D eigenvalue weighted by Gasteiger charge is -2.11. The molecule has 0 unspecified atom stereocenters. The molecule has 0 saturated carbocycles. The van der Waals surface area contributed by atoms with E-state index in [0.717, 1.165) is 45.1 Å². The summed E-state index contributed by atoms with van der Waals surface area (Å²) in [5.74, 6) is 0.895. The van der Waals surface area contributed by atoms with Gasteiger partial charge in [-0.25, -0.2) is 0 Å². The van der Waals surface area contributed by atoms with Crippen molar-refractivity contribution in [1.82, 2.24) is 10.6 Å². The predicted octanol–water partition coefficient (Wildman–Crippen LogP) is 2.16. The van der Waals surface area contributed by atoms with Crippen LogP contribution in [0.1, 0.15) is 46.0 Å². The number of nitrogens with zero attached hydrogens (tertiary/aromatic N) is 1. The first-order valence-electron chi connectivity index (χ1n) is 6.87. The molecule has 0 spiro atoms. The summed E-state index contributed by atoms with van der Waals surface area (Å²) in [7, 11) is 1.80. The van der Waals surface area contributed by atoms with Gasteiger partial charge in [0.1, 0.15) is 0 Å². The van der Waals surface area contributed by atoms with Crippen LogP contribution in [0.2, 0.25) is 0 Å². The molecule has 0 heterocycles. The van der Waals surface area contributed by atoms with Crippen LogP contribution in [-0.2, 0) is 4.74 Å². The average molecular weight is 243 g/mol. The summed E-state index contributed by atoms with van der Waals surface area (Å²) < 4.78 is 5.49. The highest BCUT2D eigenvalue weighted by atomic mass is 16.5. The van der Waals surface area contributed by atoms with Crippen LogP contribution in [0.25, 0.3) is 0 Å². The van der Waals surface area contributed by atoms with Crippen molar-refractivity contribution in [2.24, 2.45) is 4.99 Å². The minimum atomic E-state index is 0.832. The second-order valence-electron chi connectivity index (χ2n) is 4.10. The van der Waals surface area contributed by atoms with Gasteiger partial charge < -0.3 is 15.4 Å². The fourth-order valence-electron chi connectivity index (χ4n) is 1.33. The maximum atomic E-state index is 5.49. The number of guanidine groups is 1. The molecule has 0 rings (SSSR count). The van der Waals surface area contributed by atoms with Crippen molar-refractivity contribution >= 4 is 5.96 Å². The fourth-order valence-corrected chi connectivity index (χ4v) is 1.33. The van der Waals surface area contributed by atoms with Crippen LogP contribution in [0.15, 0.2) is 4.99 Å². The first-order chi connectivity index (χ1) is 8.35. The van der Waals surface area contributed by atoms with Gasteiger partial charge in [-0.15, -0.1) is 0 Å². The van der Waals surface area contributed by atoms with E-state index in [1.807, 2.05) is 0 Å². The third-order valence-corrected chi connectivity index (χ3v) is 2.45. The molecular formula is C13H29N3O. The molecule has 0 radical (unpaired) electrons. The van der Waals surface area contributed by atoms with Crippen LogP contribution in [0.5, 0.6) is 0 Å². The Balaban J connectivity index is 3.32. The van der Waals surface area contributed by atoms with E-state index in [0.29, 0.717) is 0 Å². The molecule has 102 valence electrons. The summed E-state index contributed by atoms with van der Waals surface area (Å²) in [5, 5.41) is 6.56. The number of hydrogen-bond donors (Lipinski definition) is 2. The lowest BCUT2D eigenvalue weighted by molar-refractivity contribution is 0.129.